The van der Waals surface area contributed by atoms with Crippen molar-refractivity contribution in [3.05, 3.63) is 77.0 Å². The largest absolute Gasteiger partial charge is 0.433 e. The molecule has 1 N–H and O–H groups in total. The average molecular weight is 594 g/mol. The second kappa shape index (κ2) is 10.8. The third-order valence-corrected chi connectivity index (χ3v) is 7.15. The molecule has 0 bridgehead atoms. The number of piperidine rings is 1. The number of rotatable bonds is 5. The normalized spacial score (nSPS) is 19.2. The van der Waals surface area contributed by atoms with E-state index in [1.54, 1.807) is 0 Å². The summed E-state index contributed by atoms with van der Waals surface area (Å²) >= 11 is 0. The Bertz CT molecular complexity index is 1410. The highest BCUT2D eigenvalue weighted by Crippen LogP contribution is 2.46. The Morgan fingerprint density at radius 2 is 1.61 bits per heavy atom. The van der Waals surface area contributed by atoms with Gasteiger partial charge in [-0.1, -0.05) is 42.5 Å². The van der Waals surface area contributed by atoms with Gasteiger partial charge in [-0.05, 0) is 37.0 Å². The van der Waals surface area contributed by atoms with E-state index >= 15 is 0 Å². The van der Waals surface area contributed by atoms with Gasteiger partial charge in [-0.15, -0.1) is 0 Å². The fourth-order valence-corrected chi connectivity index (χ4v) is 5.24. The number of carbonyl (C=O) groups is 1. The summed E-state index contributed by atoms with van der Waals surface area (Å²) in [5, 5.41) is 10.9. The molecule has 0 saturated carbocycles. The lowest BCUT2D eigenvalue weighted by molar-refractivity contribution is -0.272. The number of hydrogen-bond acceptors (Lipinski definition) is 4. The number of amides is 1. The maximum Gasteiger partial charge on any atom is 0.433 e. The molecule has 5 nitrogen and oxygen atoms in total. The summed E-state index contributed by atoms with van der Waals surface area (Å²) < 4.78 is 131. The van der Waals surface area contributed by atoms with E-state index in [1.165, 1.54) is 18.2 Å². The van der Waals surface area contributed by atoms with Crippen molar-refractivity contribution in [2.45, 2.75) is 55.5 Å². The number of aliphatic hydroxyl groups is 1. The smallest absolute Gasteiger partial charge is 0.386 e. The summed E-state index contributed by atoms with van der Waals surface area (Å²) in [6.07, 6.45) is -17.4. The Hall–Kier alpha value is -3.39. The van der Waals surface area contributed by atoms with Gasteiger partial charge in [0.05, 0.1) is 17.1 Å². The minimum absolute atomic E-state index is 0.149. The Morgan fingerprint density at radius 3 is 2.17 bits per heavy atom. The van der Waals surface area contributed by atoms with E-state index in [1.807, 2.05) is 0 Å². The van der Waals surface area contributed by atoms with E-state index in [0.29, 0.717) is 24.1 Å². The number of para-hydroxylation sites is 1. The number of nitrogens with zero attached hydrogens (tertiary/aromatic N) is 2. The average Bonchev–Trinajstić information content (AvgIpc) is 2.91. The van der Waals surface area contributed by atoms with Crippen molar-refractivity contribution in [3.63, 3.8) is 0 Å². The molecule has 1 fully saturated rings. The van der Waals surface area contributed by atoms with Crippen LogP contribution in [0, 0.1) is 0 Å². The maximum atomic E-state index is 14.6. The van der Waals surface area contributed by atoms with Crippen LogP contribution in [0.1, 0.15) is 47.8 Å². The predicted octanol–water partition coefficient (Wildman–Crippen LogP) is 6.79. The summed E-state index contributed by atoms with van der Waals surface area (Å²) in [6, 6.07) is 7.25. The lowest BCUT2D eigenvalue weighted by Crippen LogP contribution is -2.60. The first-order chi connectivity index (χ1) is 19.0. The van der Waals surface area contributed by atoms with E-state index in [-0.39, 0.29) is 25.8 Å². The van der Waals surface area contributed by atoms with Crippen LogP contribution in [0.3, 0.4) is 0 Å². The molecule has 2 aromatic carbocycles. The van der Waals surface area contributed by atoms with Gasteiger partial charge in [-0.2, -0.15) is 39.5 Å². The highest BCUT2D eigenvalue weighted by molar-refractivity contribution is 5.89. The molecule has 2 heterocycles. The maximum absolute atomic E-state index is 14.6. The van der Waals surface area contributed by atoms with Crippen molar-refractivity contribution in [1.82, 2.24) is 9.88 Å². The number of aromatic nitrogens is 1. The molecule has 1 aliphatic rings. The summed E-state index contributed by atoms with van der Waals surface area (Å²) in [4.78, 5) is 17.6. The Morgan fingerprint density at radius 1 is 0.951 bits per heavy atom. The fourth-order valence-electron chi connectivity index (χ4n) is 5.24. The number of ether oxygens (including phenoxy) is 1. The molecule has 222 valence electrons. The van der Waals surface area contributed by atoms with Gasteiger partial charge in [0.25, 0.3) is 11.5 Å². The molecule has 0 radical (unpaired) electrons. The quantitative estimate of drug-likeness (QED) is 0.331. The first-order valence-corrected chi connectivity index (χ1v) is 12.3. The predicted molar refractivity (Wildman–Crippen MR) is 127 cm³/mol. The molecule has 1 amide bonds. The molecule has 3 aromatic rings. The van der Waals surface area contributed by atoms with Crippen LogP contribution in [0.15, 0.2) is 54.6 Å². The monoisotopic (exact) mass is 594 g/mol. The van der Waals surface area contributed by atoms with Gasteiger partial charge in [-0.3, -0.25) is 4.79 Å². The Kier molecular flexibility index (Phi) is 8.04. The van der Waals surface area contributed by atoms with E-state index in [4.69, 9.17) is 4.74 Å². The minimum atomic E-state index is -5.30. The summed E-state index contributed by atoms with van der Waals surface area (Å²) in [6.45, 7) is -0.322. The van der Waals surface area contributed by atoms with Crippen molar-refractivity contribution < 1.29 is 54.2 Å². The standard InChI is InChI=1S/C27H23F9N2O3/c1-41-24(27(34,35)36,15-8-3-2-4-9-15)23(40)38-13-6-5-12-19(38)22(39)17-14-20(26(31,32)33)37-21-16(17)10-7-11-18(21)25(28,29)30/h2-4,7-11,14,19,22,39H,5-6,12-13H2,1H3/t19-,22+,24+/m1/s1. The molecule has 41 heavy (non-hydrogen) atoms. The number of aliphatic hydroxyl groups excluding tert-OH is 1. The molecule has 0 spiro atoms. The topological polar surface area (TPSA) is 62.7 Å². The molecular weight excluding hydrogens is 571 g/mol. The van der Waals surface area contributed by atoms with Crippen LogP contribution in [0.5, 0.6) is 0 Å². The number of methoxy groups -OCH3 is 1. The van der Waals surface area contributed by atoms with Gasteiger partial charge in [-0.25, -0.2) is 4.98 Å². The molecule has 1 aromatic heterocycles. The second-order valence-electron chi connectivity index (χ2n) is 9.55. The number of carbonyl (C=O) groups excluding carboxylic acids is 1. The number of hydrogen-bond donors (Lipinski definition) is 1. The molecule has 14 heteroatoms. The highest BCUT2D eigenvalue weighted by atomic mass is 19.4. The van der Waals surface area contributed by atoms with Gasteiger partial charge in [0.2, 0.25) is 0 Å². The zero-order valence-electron chi connectivity index (χ0n) is 21.2. The van der Waals surface area contributed by atoms with Crippen molar-refractivity contribution in [2.24, 2.45) is 0 Å². The van der Waals surface area contributed by atoms with Gasteiger partial charge in [0, 0.05) is 24.6 Å². The van der Waals surface area contributed by atoms with Crippen LogP contribution in [0.4, 0.5) is 39.5 Å². The van der Waals surface area contributed by atoms with Gasteiger partial charge >= 0.3 is 18.5 Å². The number of halogens is 9. The van der Waals surface area contributed by atoms with Crippen LogP contribution in [-0.2, 0) is 27.5 Å². The number of fused-ring (bicyclic) bond motifs is 1. The summed E-state index contributed by atoms with van der Waals surface area (Å²) in [5.74, 6) is -1.62. The van der Waals surface area contributed by atoms with E-state index in [2.05, 4.69) is 4.98 Å². The van der Waals surface area contributed by atoms with Crippen molar-refractivity contribution in [1.29, 1.82) is 0 Å². The Labute approximate surface area is 227 Å². The van der Waals surface area contributed by atoms with Crippen LogP contribution in [0.25, 0.3) is 10.9 Å². The highest BCUT2D eigenvalue weighted by Gasteiger charge is 2.64. The molecular formula is C27H23F9N2O3. The van der Waals surface area contributed by atoms with Crippen LogP contribution in [0.2, 0.25) is 0 Å². The van der Waals surface area contributed by atoms with Crippen LogP contribution in [-0.4, -0.2) is 46.8 Å². The lowest BCUT2D eigenvalue weighted by Gasteiger charge is -2.44. The molecule has 0 aliphatic carbocycles. The van der Waals surface area contributed by atoms with E-state index < -0.39 is 75.5 Å². The zero-order chi connectivity index (χ0) is 30.4. The van der Waals surface area contributed by atoms with Gasteiger partial charge in [0.1, 0.15) is 11.8 Å². The first-order valence-electron chi connectivity index (χ1n) is 12.3. The van der Waals surface area contributed by atoms with Crippen molar-refractivity contribution in [3.8, 4) is 0 Å². The number of likely N-dealkylation sites (tertiary alicyclic amines) is 1. The minimum Gasteiger partial charge on any atom is -0.386 e. The first kappa shape index (κ1) is 30.6. The summed E-state index contributed by atoms with van der Waals surface area (Å²) in [5.41, 5.74) is -9.08. The van der Waals surface area contributed by atoms with Crippen LogP contribution < -0.4 is 0 Å². The van der Waals surface area contributed by atoms with Crippen LogP contribution >= 0.6 is 0 Å². The lowest BCUT2D eigenvalue weighted by atomic mass is 9.86. The molecule has 0 unspecified atom stereocenters. The SMILES string of the molecule is CO[C@](C(=O)N1CCCC[C@@H]1[C@@H](O)c1cc(C(F)(F)F)nc2c(C(F)(F)F)cccc12)(c1ccccc1)C(F)(F)F. The number of benzene rings is 2. The van der Waals surface area contributed by atoms with E-state index in [9.17, 15) is 49.4 Å². The molecule has 4 rings (SSSR count). The summed E-state index contributed by atoms with van der Waals surface area (Å²) in [7, 11) is 0.679. The number of alkyl halides is 9. The fraction of sp³-hybridized carbons (Fsp3) is 0.407. The third-order valence-electron chi connectivity index (χ3n) is 7.15. The van der Waals surface area contributed by atoms with Gasteiger partial charge in [0.15, 0.2) is 0 Å². The third kappa shape index (κ3) is 5.46. The van der Waals surface area contributed by atoms with E-state index in [0.717, 1.165) is 24.3 Å². The molecule has 3 atom stereocenters. The van der Waals surface area contributed by atoms with Gasteiger partial charge < -0.3 is 14.7 Å². The van der Waals surface area contributed by atoms with Crippen molar-refractivity contribution in [2.75, 3.05) is 13.7 Å². The zero-order valence-corrected chi connectivity index (χ0v) is 21.2. The second-order valence-corrected chi connectivity index (χ2v) is 9.55. The number of pyridine rings is 1. The molecule has 1 saturated heterocycles. The van der Waals surface area contributed by atoms with Crippen molar-refractivity contribution >= 4 is 16.8 Å². The molecule has 1 aliphatic heterocycles. The Balaban J connectivity index is 1.89.